The Morgan fingerprint density at radius 2 is 2.18 bits per heavy atom. The number of alkyl halides is 1. The maximum atomic E-state index is 14.7. The molecule has 4 atom stereocenters. The molecule has 1 fully saturated rings. The van der Waals surface area contributed by atoms with Crippen molar-refractivity contribution in [2.45, 2.75) is 37.4 Å². The Balaban J connectivity index is 2.16. The van der Waals surface area contributed by atoms with Crippen LogP contribution in [0, 0.1) is 0 Å². The molecule has 0 unspecified atom stereocenters. The molecule has 1 saturated heterocycles. The van der Waals surface area contributed by atoms with Gasteiger partial charge in [0.1, 0.15) is 12.2 Å². The van der Waals surface area contributed by atoms with Crippen LogP contribution in [0.3, 0.4) is 0 Å². The first-order valence-corrected chi connectivity index (χ1v) is 7.80. The fourth-order valence-electron chi connectivity index (χ4n) is 2.28. The monoisotopic (exact) mass is 339 g/mol. The predicted octanol–water partition coefficient (Wildman–Crippen LogP) is -0.775. The van der Waals surface area contributed by atoms with Crippen LogP contribution in [0.1, 0.15) is 13.3 Å². The van der Waals surface area contributed by atoms with Crippen molar-refractivity contribution < 1.29 is 42.7 Å². The lowest BCUT2D eigenvalue weighted by molar-refractivity contribution is -0.150. The highest BCUT2D eigenvalue weighted by atomic mass is 31.2. The maximum Gasteiger partial charge on any atom is 0.469 e. The number of ketones is 1. The standard InChI is InChI=1S/C11H15FNO8P/c1-11(12)9(16)7(5-20-22(17,18)19)21-10(11)13-3-2-6(14)4-8(13)15/h2-3,7,9-10,16H,4-5H2,1H3,(H2,17,18,19)/t7-,9-,10-,11-/m1/s1. The smallest absolute Gasteiger partial charge is 0.387 e. The first-order valence-electron chi connectivity index (χ1n) is 6.27. The Bertz CT molecular complexity index is 558. The lowest BCUT2D eigenvalue weighted by Gasteiger charge is -2.32. The molecule has 0 aliphatic carbocycles. The SMILES string of the molecule is C[C@@]1(F)[C@H](O)[C@@H](COP(=O)(O)O)O[C@H]1N1C=CC(=O)CC1=O. The van der Waals surface area contributed by atoms with E-state index in [0.29, 0.717) is 0 Å². The highest BCUT2D eigenvalue weighted by molar-refractivity contribution is 7.46. The topological polar surface area (TPSA) is 134 Å². The van der Waals surface area contributed by atoms with Gasteiger partial charge >= 0.3 is 7.82 Å². The lowest BCUT2D eigenvalue weighted by atomic mass is 9.97. The van der Waals surface area contributed by atoms with E-state index in [2.05, 4.69) is 4.52 Å². The van der Waals surface area contributed by atoms with Crippen LogP contribution < -0.4 is 0 Å². The molecule has 2 aliphatic heterocycles. The van der Waals surface area contributed by atoms with Crippen LogP contribution in [0.25, 0.3) is 0 Å². The van der Waals surface area contributed by atoms with Crippen LogP contribution >= 0.6 is 7.82 Å². The van der Waals surface area contributed by atoms with Gasteiger partial charge in [-0.3, -0.25) is 19.0 Å². The molecule has 11 heteroatoms. The van der Waals surface area contributed by atoms with Crippen LogP contribution in [-0.4, -0.2) is 62.2 Å². The van der Waals surface area contributed by atoms with Gasteiger partial charge in [-0.05, 0) is 13.0 Å². The Morgan fingerprint density at radius 3 is 2.73 bits per heavy atom. The largest absolute Gasteiger partial charge is 0.469 e. The number of hydrogen-bond donors (Lipinski definition) is 3. The van der Waals surface area contributed by atoms with Crippen molar-refractivity contribution in [1.29, 1.82) is 0 Å². The fourth-order valence-corrected chi connectivity index (χ4v) is 2.62. The minimum absolute atomic E-state index is 0.443. The third-order valence-electron chi connectivity index (χ3n) is 3.41. The predicted molar refractivity (Wildman–Crippen MR) is 67.8 cm³/mol. The molecule has 0 radical (unpaired) electrons. The van der Waals surface area contributed by atoms with Crippen LogP contribution in [0.4, 0.5) is 4.39 Å². The third kappa shape index (κ3) is 3.43. The van der Waals surface area contributed by atoms with Gasteiger partial charge in [-0.1, -0.05) is 0 Å². The number of amides is 1. The van der Waals surface area contributed by atoms with Crippen molar-refractivity contribution in [2.24, 2.45) is 0 Å². The van der Waals surface area contributed by atoms with Crippen molar-refractivity contribution >= 4 is 19.5 Å². The summed E-state index contributed by atoms with van der Waals surface area (Å²) in [6.45, 7) is 0.226. The van der Waals surface area contributed by atoms with Crippen molar-refractivity contribution in [3.8, 4) is 0 Å². The number of phosphoric acid groups is 1. The number of allylic oxidation sites excluding steroid dienone is 1. The minimum Gasteiger partial charge on any atom is -0.387 e. The molecule has 9 nitrogen and oxygen atoms in total. The molecular formula is C11H15FNO8P. The maximum absolute atomic E-state index is 14.7. The van der Waals surface area contributed by atoms with Crippen LogP contribution in [-0.2, 0) is 23.4 Å². The number of rotatable bonds is 4. The molecule has 2 rings (SSSR count). The summed E-state index contributed by atoms with van der Waals surface area (Å²) in [5.74, 6) is -1.15. The van der Waals surface area contributed by atoms with Gasteiger partial charge in [0.25, 0.3) is 0 Å². The zero-order valence-electron chi connectivity index (χ0n) is 11.5. The zero-order chi connectivity index (χ0) is 16.7. The first-order chi connectivity index (χ1) is 10.0. The van der Waals surface area contributed by atoms with Crippen LogP contribution in [0.2, 0.25) is 0 Å². The van der Waals surface area contributed by atoms with Crippen molar-refractivity contribution in [2.75, 3.05) is 6.61 Å². The Hall–Kier alpha value is -1.16. The van der Waals surface area contributed by atoms with E-state index in [9.17, 15) is 23.7 Å². The highest BCUT2D eigenvalue weighted by Crippen LogP contribution is 2.41. The molecule has 2 aliphatic rings. The second kappa shape index (κ2) is 5.80. The molecule has 0 bridgehead atoms. The molecule has 22 heavy (non-hydrogen) atoms. The summed E-state index contributed by atoms with van der Waals surface area (Å²) >= 11 is 0. The number of aliphatic hydroxyl groups is 1. The molecule has 0 aromatic carbocycles. The summed E-state index contributed by atoms with van der Waals surface area (Å²) in [5.41, 5.74) is -2.41. The van der Waals surface area contributed by atoms with E-state index in [4.69, 9.17) is 14.5 Å². The van der Waals surface area contributed by atoms with Crippen LogP contribution in [0.5, 0.6) is 0 Å². The Morgan fingerprint density at radius 1 is 1.55 bits per heavy atom. The van der Waals surface area contributed by atoms with E-state index in [1.807, 2.05) is 0 Å². The second-order valence-electron chi connectivity index (χ2n) is 5.17. The highest BCUT2D eigenvalue weighted by Gasteiger charge is 2.57. The van der Waals surface area contributed by atoms with Gasteiger partial charge in [0.2, 0.25) is 5.91 Å². The number of nitrogens with zero attached hydrogens (tertiary/aromatic N) is 1. The van der Waals surface area contributed by atoms with Crippen molar-refractivity contribution in [3.63, 3.8) is 0 Å². The summed E-state index contributed by atoms with van der Waals surface area (Å²) in [4.78, 5) is 41.0. The summed E-state index contributed by atoms with van der Waals surface area (Å²) in [6.07, 6.45) is -3.02. The molecule has 0 spiro atoms. The first kappa shape index (κ1) is 17.2. The molecule has 0 saturated carbocycles. The quantitative estimate of drug-likeness (QED) is 0.449. The fraction of sp³-hybridized carbons (Fsp3) is 0.636. The van der Waals surface area contributed by atoms with E-state index in [-0.39, 0.29) is 0 Å². The summed E-state index contributed by atoms with van der Waals surface area (Å²) in [7, 11) is -4.81. The number of carbonyl (C=O) groups excluding carboxylic acids is 2. The van der Waals surface area contributed by atoms with Crippen LogP contribution in [0.15, 0.2) is 12.3 Å². The van der Waals surface area contributed by atoms with Gasteiger partial charge in [0, 0.05) is 6.20 Å². The van der Waals surface area contributed by atoms with E-state index >= 15 is 0 Å². The molecule has 124 valence electrons. The van der Waals surface area contributed by atoms with Gasteiger partial charge in [-0.2, -0.15) is 0 Å². The molecule has 3 N–H and O–H groups in total. The summed E-state index contributed by atoms with van der Waals surface area (Å²) in [5, 5.41) is 9.89. The number of halogens is 1. The lowest BCUT2D eigenvalue weighted by Crippen LogP contribution is -2.51. The van der Waals surface area contributed by atoms with Gasteiger partial charge in [-0.15, -0.1) is 0 Å². The van der Waals surface area contributed by atoms with E-state index in [1.165, 1.54) is 0 Å². The molecular weight excluding hydrogens is 324 g/mol. The normalized spacial score (nSPS) is 36.2. The number of aliphatic hydroxyl groups excluding tert-OH is 1. The summed E-state index contributed by atoms with van der Waals surface area (Å²) in [6, 6.07) is 0. The van der Waals surface area contributed by atoms with E-state index < -0.39 is 56.6 Å². The van der Waals surface area contributed by atoms with Gasteiger partial charge in [-0.25, -0.2) is 8.96 Å². The molecule has 2 heterocycles. The van der Waals surface area contributed by atoms with Crippen molar-refractivity contribution in [3.05, 3.63) is 12.3 Å². The van der Waals surface area contributed by atoms with Gasteiger partial charge in [0.05, 0.1) is 13.0 Å². The number of hydrogen-bond acceptors (Lipinski definition) is 6. The zero-order valence-corrected chi connectivity index (χ0v) is 12.4. The number of ether oxygens (including phenoxy) is 1. The number of carbonyl (C=O) groups is 2. The number of phosphoric ester groups is 1. The minimum atomic E-state index is -4.81. The molecule has 0 aromatic heterocycles. The van der Waals surface area contributed by atoms with Crippen molar-refractivity contribution in [1.82, 2.24) is 4.90 Å². The third-order valence-corrected chi connectivity index (χ3v) is 3.90. The van der Waals surface area contributed by atoms with E-state index in [0.717, 1.165) is 24.1 Å². The van der Waals surface area contributed by atoms with Gasteiger partial charge < -0.3 is 19.6 Å². The Labute approximate surface area is 124 Å². The average Bonchev–Trinajstić information content (AvgIpc) is 2.59. The van der Waals surface area contributed by atoms with Gasteiger partial charge in [0.15, 0.2) is 17.7 Å². The Kier molecular flexibility index (Phi) is 4.54. The van der Waals surface area contributed by atoms with E-state index in [1.54, 1.807) is 0 Å². The summed E-state index contributed by atoms with van der Waals surface area (Å²) < 4.78 is 34.7. The molecule has 0 aromatic rings. The average molecular weight is 339 g/mol. The second-order valence-corrected chi connectivity index (χ2v) is 6.41. The molecule has 1 amide bonds.